The van der Waals surface area contributed by atoms with Gasteiger partial charge in [-0.05, 0) is 49.1 Å². The molecule has 0 bridgehead atoms. The third kappa shape index (κ3) is 3.07. The molecule has 3 aromatic heterocycles. The number of aromatic nitrogens is 3. The monoisotopic (exact) mass is 429 g/mol. The molecule has 1 aromatic carbocycles. The van der Waals surface area contributed by atoms with Crippen molar-refractivity contribution < 1.29 is 4.42 Å². The minimum Gasteiger partial charge on any atom is -0.440 e. The number of halogens is 1. The highest BCUT2D eigenvalue weighted by Crippen LogP contribution is 2.35. The second-order valence-electron chi connectivity index (χ2n) is 6.71. The summed E-state index contributed by atoms with van der Waals surface area (Å²) in [7, 11) is 1.78. The zero-order valence-electron chi connectivity index (χ0n) is 15.1. The first-order valence-electron chi connectivity index (χ1n) is 8.95. The van der Waals surface area contributed by atoms with E-state index in [0.29, 0.717) is 27.6 Å². The fourth-order valence-electron chi connectivity index (χ4n) is 3.49. The van der Waals surface area contributed by atoms with Crippen LogP contribution in [-0.2, 0) is 25.6 Å². The molecule has 0 N–H and O–H groups in total. The molecule has 4 aromatic rings. The van der Waals surface area contributed by atoms with E-state index in [1.54, 1.807) is 29.1 Å². The van der Waals surface area contributed by atoms with Gasteiger partial charge in [-0.3, -0.25) is 9.36 Å². The molecule has 0 saturated heterocycles. The van der Waals surface area contributed by atoms with Crippen LogP contribution in [0.2, 0.25) is 5.02 Å². The average Bonchev–Trinajstić information content (AvgIpc) is 3.40. The summed E-state index contributed by atoms with van der Waals surface area (Å²) in [6, 6.07) is 7.44. The molecule has 3 heterocycles. The lowest BCUT2D eigenvalue weighted by molar-refractivity contribution is 0.529. The SMILES string of the molecule is Cn1c(SCc2ncc(-c3ccc(Cl)cc3)o2)nc2sc3c(c2c1=O)CCC3. The number of hydrogen-bond donors (Lipinski definition) is 0. The van der Waals surface area contributed by atoms with Crippen LogP contribution in [0.25, 0.3) is 21.5 Å². The number of thiophene rings is 1. The molecule has 0 radical (unpaired) electrons. The average molecular weight is 430 g/mol. The third-order valence-electron chi connectivity index (χ3n) is 4.91. The number of nitrogens with zero attached hydrogens (tertiary/aromatic N) is 3. The second kappa shape index (κ2) is 7.06. The van der Waals surface area contributed by atoms with Gasteiger partial charge in [-0.25, -0.2) is 9.97 Å². The van der Waals surface area contributed by atoms with Gasteiger partial charge < -0.3 is 4.42 Å². The summed E-state index contributed by atoms with van der Waals surface area (Å²) in [6.45, 7) is 0. The molecular formula is C20H16ClN3O2S2. The number of aryl methyl sites for hydroxylation is 2. The molecule has 5 nitrogen and oxygen atoms in total. The summed E-state index contributed by atoms with van der Waals surface area (Å²) < 4.78 is 7.49. The minimum absolute atomic E-state index is 0.0427. The first kappa shape index (κ1) is 18.0. The Hall–Kier alpha value is -2.09. The molecule has 0 amide bonds. The summed E-state index contributed by atoms with van der Waals surface area (Å²) in [5.74, 6) is 1.79. The van der Waals surface area contributed by atoms with Gasteiger partial charge in [-0.1, -0.05) is 23.4 Å². The molecule has 0 aliphatic heterocycles. The standard InChI is InChI=1S/C20H16ClN3O2S2/c1-24-19(25)17-13-3-2-4-15(13)28-18(17)23-20(24)27-10-16-22-9-14(26-16)11-5-7-12(21)8-6-11/h5-9H,2-4,10H2,1H3. The lowest BCUT2D eigenvalue weighted by atomic mass is 10.2. The van der Waals surface area contributed by atoms with E-state index in [9.17, 15) is 4.79 Å². The van der Waals surface area contributed by atoms with Crippen LogP contribution in [0, 0.1) is 0 Å². The van der Waals surface area contributed by atoms with Crippen LogP contribution in [0.1, 0.15) is 22.8 Å². The van der Waals surface area contributed by atoms with Crippen molar-refractivity contribution in [3.05, 3.63) is 62.2 Å². The van der Waals surface area contributed by atoms with Crippen molar-refractivity contribution in [2.75, 3.05) is 0 Å². The largest absolute Gasteiger partial charge is 0.440 e. The number of thioether (sulfide) groups is 1. The molecule has 28 heavy (non-hydrogen) atoms. The predicted molar refractivity (Wildman–Crippen MR) is 113 cm³/mol. The van der Waals surface area contributed by atoms with Crippen LogP contribution in [0.5, 0.6) is 0 Å². The molecule has 0 unspecified atom stereocenters. The molecule has 8 heteroatoms. The smallest absolute Gasteiger partial charge is 0.262 e. The van der Waals surface area contributed by atoms with Crippen molar-refractivity contribution >= 4 is 44.9 Å². The number of oxazole rings is 1. The lowest BCUT2D eigenvalue weighted by Crippen LogP contribution is -2.20. The molecule has 142 valence electrons. The Labute approximate surface area is 174 Å². The Morgan fingerprint density at radius 3 is 2.93 bits per heavy atom. The molecule has 5 rings (SSSR count). The van der Waals surface area contributed by atoms with Crippen LogP contribution in [0.3, 0.4) is 0 Å². The summed E-state index contributed by atoms with van der Waals surface area (Å²) in [4.78, 5) is 24.1. The number of fused-ring (bicyclic) bond motifs is 3. The van der Waals surface area contributed by atoms with E-state index >= 15 is 0 Å². The van der Waals surface area contributed by atoms with E-state index in [-0.39, 0.29) is 5.56 Å². The van der Waals surface area contributed by atoms with Gasteiger partial charge in [0.25, 0.3) is 5.56 Å². The van der Waals surface area contributed by atoms with Crippen molar-refractivity contribution in [1.82, 2.24) is 14.5 Å². The zero-order chi connectivity index (χ0) is 19.3. The normalized spacial score (nSPS) is 13.4. The zero-order valence-corrected chi connectivity index (χ0v) is 17.5. The highest BCUT2D eigenvalue weighted by atomic mass is 35.5. The topological polar surface area (TPSA) is 60.9 Å². The molecule has 0 atom stereocenters. The molecule has 1 aliphatic rings. The van der Waals surface area contributed by atoms with Crippen LogP contribution in [0.4, 0.5) is 0 Å². The van der Waals surface area contributed by atoms with E-state index in [1.807, 2.05) is 24.3 Å². The van der Waals surface area contributed by atoms with Gasteiger partial charge in [-0.15, -0.1) is 11.3 Å². The van der Waals surface area contributed by atoms with E-state index in [1.165, 1.54) is 22.2 Å². The van der Waals surface area contributed by atoms with Gasteiger partial charge in [0.05, 0.1) is 17.3 Å². The maximum absolute atomic E-state index is 12.9. The van der Waals surface area contributed by atoms with Crippen molar-refractivity contribution in [1.29, 1.82) is 0 Å². The number of benzene rings is 1. The van der Waals surface area contributed by atoms with E-state index in [4.69, 9.17) is 21.0 Å². The molecule has 0 fully saturated rings. The van der Waals surface area contributed by atoms with Crippen LogP contribution in [-0.4, -0.2) is 14.5 Å². The van der Waals surface area contributed by atoms with Gasteiger partial charge >= 0.3 is 0 Å². The predicted octanol–water partition coefficient (Wildman–Crippen LogP) is 5.08. The van der Waals surface area contributed by atoms with E-state index < -0.39 is 0 Å². The van der Waals surface area contributed by atoms with Crippen LogP contribution >= 0.6 is 34.7 Å². The van der Waals surface area contributed by atoms with Gasteiger partial charge in [0.15, 0.2) is 10.9 Å². The summed E-state index contributed by atoms with van der Waals surface area (Å²) in [5.41, 5.74) is 2.18. The highest BCUT2D eigenvalue weighted by molar-refractivity contribution is 7.98. The Kier molecular flexibility index (Phi) is 4.53. The number of rotatable bonds is 4. The molecule has 0 saturated carbocycles. The number of hydrogen-bond acceptors (Lipinski definition) is 6. The van der Waals surface area contributed by atoms with Crippen LogP contribution in [0.15, 0.2) is 44.8 Å². The fourth-order valence-corrected chi connectivity index (χ4v) is 5.74. The lowest BCUT2D eigenvalue weighted by Gasteiger charge is -2.06. The summed E-state index contributed by atoms with van der Waals surface area (Å²) >= 11 is 9.05. The maximum atomic E-state index is 12.9. The first-order valence-corrected chi connectivity index (χ1v) is 11.1. The van der Waals surface area contributed by atoms with Crippen molar-refractivity contribution in [2.45, 2.75) is 30.2 Å². The second-order valence-corrected chi connectivity index (χ2v) is 9.17. The summed E-state index contributed by atoms with van der Waals surface area (Å²) in [6.07, 6.45) is 4.89. The van der Waals surface area contributed by atoms with Gasteiger partial charge in [-0.2, -0.15) is 0 Å². The first-order chi connectivity index (χ1) is 13.6. The van der Waals surface area contributed by atoms with Crippen LogP contribution < -0.4 is 5.56 Å². The Morgan fingerprint density at radius 1 is 1.29 bits per heavy atom. The molecule has 1 aliphatic carbocycles. The summed E-state index contributed by atoms with van der Waals surface area (Å²) in [5, 5.41) is 2.18. The van der Waals surface area contributed by atoms with E-state index in [0.717, 1.165) is 35.0 Å². The highest BCUT2D eigenvalue weighted by Gasteiger charge is 2.22. The maximum Gasteiger partial charge on any atom is 0.262 e. The Morgan fingerprint density at radius 2 is 2.11 bits per heavy atom. The fraction of sp³-hybridized carbons (Fsp3) is 0.250. The van der Waals surface area contributed by atoms with Gasteiger partial charge in [0.1, 0.15) is 4.83 Å². The van der Waals surface area contributed by atoms with Crippen molar-refractivity contribution in [3.63, 3.8) is 0 Å². The Bertz CT molecular complexity index is 1240. The quantitative estimate of drug-likeness (QED) is 0.334. The molecular weight excluding hydrogens is 414 g/mol. The Balaban J connectivity index is 1.40. The van der Waals surface area contributed by atoms with Gasteiger partial charge in [0.2, 0.25) is 5.89 Å². The molecule has 0 spiro atoms. The van der Waals surface area contributed by atoms with Gasteiger partial charge in [0, 0.05) is 22.5 Å². The third-order valence-corrected chi connectivity index (χ3v) is 7.36. The van der Waals surface area contributed by atoms with Crippen molar-refractivity contribution in [2.24, 2.45) is 7.05 Å². The minimum atomic E-state index is 0.0427. The van der Waals surface area contributed by atoms with E-state index in [2.05, 4.69) is 4.98 Å². The van der Waals surface area contributed by atoms with Crippen molar-refractivity contribution in [3.8, 4) is 11.3 Å².